The Labute approximate surface area is 83.3 Å². The Morgan fingerprint density at radius 2 is 2.23 bits per heavy atom. The first-order valence-electron chi connectivity index (χ1n) is 5.52. The van der Waals surface area contributed by atoms with E-state index in [4.69, 9.17) is 4.43 Å². The molecule has 0 amide bonds. The average molecular weight is 198 g/mol. The molecule has 1 saturated heterocycles. The fourth-order valence-corrected chi connectivity index (χ4v) is 5.08. The summed E-state index contributed by atoms with van der Waals surface area (Å²) in [6.45, 7) is 5.53. The monoisotopic (exact) mass is 198 g/mol. The lowest BCUT2D eigenvalue weighted by atomic mass is 10.3. The third kappa shape index (κ3) is 4.10. The first-order valence-corrected chi connectivity index (χ1v) is 8.34. The van der Waals surface area contributed by atoms with Gasteiger partial charge in [-0.15, -0.1) is 0 Å². The molecular formula is C11H22OSi. The van der Waals surface area contributed by atoms with Crippen LogP contribution >= 0.6 is 0 Å². The molecule has 0 saturated carbocycles. The zero-order valence-electron chi connectivity index (χ0n) is 9.01. The highest BCUT2D eigenvalue weighted by Gasteiger charge is 2.30. The summed E-state index contributed by atoms with van der Waals surface area (Å²) in [6.07, 6.45) is 9.67. The maximum absolute atomic E-state index is 5.96. The highest BCUT2D eigenvalue weighted by molar-refractivity contribution is 6.72. The standard InChI is InChI=1S/C11H22OSi/c1-3-4-5-7-10-13(2)11-8-6-9-12-13/h3-4H,5-11H2,1-2H3/b4-3+. The van der Waals surface area contributed by atoms with Gasteiger partial charge in [-0.3, -0.25) is 0 Å². The van der Waals surface area contributed by atoms with Crippen LogP contribution in [0, 0.1) is 0 Å². The van der Waals surface area contributed by atoms with Crippen molar-refractivity contribution in [1.82, 2.24) is 0 Å². The maximum atomic E-state index is 5.96. The first kappa shape index (κ1) is 11.0. The largest absolute Gasteiger partial charge is 0.417 e. The summed E-state index contributed by atoms with van der Waals surface area (Å²) in [5.74, 6) is 0. The Morgan fingerprint density at radius 3 is 2.85 bits per heavy atom. The van der Waals surface area contributed by atoms with E-state index in [-0.39, 0.29) is 0 Å². The summed E-state index contributed by atoms with van der Waals surface area (Å²) in [4.78, 5) is 0. The summed E-state index contributed by atoms with van der Waals surface area (Å²) < 4.78 is 5.96. The van der Waals surface area contributed by atoms with Crippen molar-refractivity contribution >= 4 is 8.32 Å². The SMILES string of the molecule is C/C=C/CCC[Si]1(C)CCCCO1. The molecule has 0 aliphatic carbocycles. The van der Waals surface area contributed by atoms with E-state index >= 15 is 0 Å². The Kier molecular flexibility index (Phi) is 4.74. The zero-order chi connectivity index (χ0) is 9.57. The minimum Gasteiger partial charge on any atom is -0.417 e. The normalized spacial score (nSPS) is 29.7. The van der Waals surface area contributed by atoms with E-state index in [1.807, 2.05) is 0 Å². The smallest absolute Gasteiger partial charge is 0.189 e. The topological polar surface area (TPSA) is 9.23 Å². The van der Waals surface area contributed by atoms with Gasteiger partial charge in [0.05, 0.1) is 0 Å². The van der Waals surface area contributed by atoms with Gasteiger partial charge >= 0.3 is 0 Å². The van der Waals surface area contributed by atoms with Crippen molar-refractivity contribution in [2.24, 2.45) is 0 Å². The van der Waals surface area contributed by atoms with Crippen LogP contribution in [0.15, 0.2) is 12.2 Å². The molecule has 0 radical (unpaired) electrons. The maximum Gasteiger partial charge on any atom is 0.189 e. The van der Waals surface area contributed by atoms with Gasteiger partial charge in [-0.1, -0.05) is 25.0 Å². The molecule has 0 N–H and O–H groups in total. The Hall–Kier alpha value is -0.0831. The molecule has 76 valence electrons. The van der Waals surface area contributed by atoms with Crippen LogP contribution in [0.2, 0.25) is 18.6 Å². The van der Waals surface area contributed by atoms with Crippen LogP contribution < -0.4 is 0 Å². The molecular weight excluding hydrogens is 176 g/mol. The highest BCUT2D eigenvalue weighted by Crippen LogP contribution is 2.27. The van der Waals surface area contributed by atoms with E-state index < -0.39 is 8.32 Å². The lowest BCUT2D eigenvalue weighted by Crippen LogP contribution is -2.37. The summed E-state index contributed by atoms with van der Waals surface area (Å²) in [5, 5.41) is 0. The number of hydrogen-bond acceptors (Lipinski definition) is 1. The fraction of sp³-hybridized carbons (Fsp3) is 0.818. The number of hydrogen-bond donors (Lipinski definition) is 0. The molecule has 1 heterocycles. The summed E-state index contributed by atoms with van der Waals surface area (Å²) in [5.41, 5.74) is 0. The molecule has 0 spiro atoms. The fourth-order valence-electron chi connectivity index (χ4n) is 1.95. The van der Waals surface area contributed by atoms with Crippen LogP contribution in [0.3, 0.4) is 0 Å². The molecule has 1 unspecified atom stereocenters. The predicted molar refractivity (Wildman–Crippen MR) is 60.5 cm³/mol. The second kappa shape index (κ2) is 5.61. The lowest BCUT2D eigenvalue weighted by Gasteiger charge is -2.31. The van der Waals surface area contributed by atoms with E-state index in [0.29, 0.717) is 0 Å². The molecule has 0 bridgehead atoms. The van der Waals surface area contributed by atoms with E-state index in [2.05, 4.69) is 25.6 Å². The van der Waals surface area contributed by atoms with Gasteiger partial charge in [0.1, 0.15) is 0 Å². The minimum absolute atomic E-state index is 1.03. The van der Waals surface area contributed by atoms with Gasteiger partial charge in [0.25, 0.3) is 0 Å². The third-order valence-corrected chi connectivity index (χ3v) is 6.59. The molecule has 1 nitrogen and oxygen atoms in total. The van der Waals surface area contributed by atoms with Gasteiger partial charge in [0, 0.05) is 6.61 Å². The average Bonchev–Trinajstić information content (AvgIpc) is 2.14. The van der Waals surface area contributed by atoms with Gasteiger partial charge < -0.3 is 4.43 Å². The molecule has 1 rings (SSSR count). The van der Waals surface area contributed by atoms with Crippen LogP contribution in [-0.4, -0.2) is 14.9 Å². The number of allylic oxidation sites excluding steroid dienone is 2. The van der Waals surface area contributed by atoms with Crippen LogP contribution in [0.4, 0.5) is 0 Å². The predicted octanol–water partition coefficient (Wildman–Crippen LogP) is 3.73. The first-order chi connectivity index (χ1) is 6.27. The second-order valence-corrected chi connectivity index (χ2v) is 8.41. The molecule has 0 aromatic heterocycles. The van der Waals surface area contributed by atoms with Crippen LogP contribution in [-0.2, 0) is 4.43 Å². The van der Waals surface area contributed by atoms with Gasteiger partial charge in [0.15, 0.2) is 8.32 Å². The van der Waals surface area contributed by atoms with E-state index in [1.54, 1.807) is 0 Å². The number of unbranched alkanes of at least 4 members (excludes halogenated alkanes) is 1. The zero-order valence-corrected chi connectivity index (χ0v) is 10.0. The van der Waals surface area contributed by atoms with Crippen LogP contribution in [0.1, 0.15) is 32.6 Å². The Morgan fingerprint density at radius 1 is 1.38 bits per heavy atom. The lowest BCUT2D eigenvalue weighted by molar-refractivity contribution is 0.269. The van der Waals surface area contributed by atoms with E-state index in [1.165, 1.54) is 37.8 Å². The van der Waals surface area contributed by atoms with Crippen molar-refractivity contribution in [3.8, 4) is 0 Å². The van der Waals surface area contributed by atoms with Crippen molar-refractivity contribution in [2.75, 3.05) is 6.61 Å². The van der Waals surface area contributed by atoms with E-state index in [0.717, 1.165) is 6.61 Å². The van der Waals surface area contributed by atoms with Gasteiger partial charge in [-0.2, -0.15) is 0 Å². The second-order valence-electron chi connectivity index (χ2n) is 4.22. The molecule has 13 heavy (non-hydrogen) atoms. The van der Waals surface area contributed by atoms with E-state index in [9.17, 15) is 0 Å². The summed E-state index contributed by atoms with van der Waals surface area (Å²) in [7, 11) is -1.22. The molecule has 1 aliphatic heterocycles. The van der Waals surface area contributed by atoms with Crippen molar-refractivity contribution in [2.45, 2.75) is 51.2 Å². The van der Waals surface area contributed by atoms with Crippen molar-refractivity contribution in [3.63, 3.8) is 0 Å². The molecule has 1 atom stereocenters. The van der Waals surface area contributed by atoms with Gasteiger partial charge in [0.2, 0.25) is 0 Å². The van der Waals surface area contributed by atoms with Gasteiger partial charge in [-0.25, -0.2) is 0 Å². The van der Waals surface area contributed by atoms with Crippen LogP contribution in [0.25, 0.3) is 0 Å². The molecule has 2 heteroatoms. The molecule has 0 aromatic rings. The highest BCUT2D eigenvalue weighted by atomic mass is 28.4. The molecule has 1 aliphatic rings. The molecule has 0 aromatic carbocycles. The quantitative estimate of drug-likeness (QED) is 0.380. The van der Waals surface area contributed by atoms with Crippen molar-refractivity contribution in [3.05, 3.63) is 12.2 Å². The third-order valence-electron chi connectivity index (χ3n) is 2.86. The number of rotatable bonds is 4. The van der Waals surface area contributed by atoms with Crippen LogP contribution in [0.5, 0.6) is 0 Å². The summed E-state index contributed by atoms with van der Waals surface area (Å²) >= 11 is 0. The van der Waals surface area contributed by atoms with Crippen molar-refractivity contribution in [1.29, 1.82) is 0 Å². The summed E-state index contributed by atoms with van der Waals surface area (Å²) in [6, 6.07) is 2.75. The Balaban J connectivity index is 2.17. The minimum atomic E-state index is -1.22. The molecule has 1 fully saturated rings. The Bertz CT molecular complexity index is 159. The van der Waals surface area contributed by atoms with Gasteiger partial charge in [-0.05, 0) is 38.4 Å². The van der Waals surface area contributed by atoms with Crippen molar-refractivity contribution < 1.29 is 4.43 Å².